The molecule has 94 valence electrons. The number of hydrogen-bond donors (Lipinski definition) is 1. The Morgan fingerprint density at radius 1 is 1.22 bits per heavy atom. The van der Waals surface area contributed by atoms with Crippen LogP contribution in [0.2, 0.25) is 0 Å². The van der Waals surface area contributed by atoms with Crippen LogP contribution in [0.5, 0.6) is 0 Å². The highest BCUT2D eigenvalue weighted by molar-refractivity contribution is 6.08. The molecule has 4 nitrogen and oxygen atoms in total. The van der Waals surface area contributed by atoms with E-state index in [1.54, 1.807) is 45.0 Å². The number of Topliss-reactive ketones (excluding diaryl/α,β-unsaturated/α-hetero) is 1. The van der Waals surface area contributed by atoms with Gasteiger partial charge in [0.25, 0.3) is 0 Å². The summed E-state index contributed by atoms with van der Waals surface area (Å²) in [5.41, 5.74) is 0.397. The summed E-state index contributed by atoms with van der Waals surface area (Å²) in [6, 6.07) is 6.28. The molecule has 0 spiro atoms. The lowest BCUT2D eigenvalue weighted by Gasteiger charge is -2.19. The first-order valence-corrected chi connectivity index (χ1v) is 5.43. The molecule has 1 rings (SSSR count). The third-order valence-corrected chi connectivity index (χ3v) is 1.92. The van der Waals surface area contributed by atoms with Gasteiger partial charge in [-0.3, -0.25) is 10.1 Å². The number of hydrogen-bond acceptors (Lipinski definition) is 3. The van der Waals surface area contributed by atoms with Crippen molar-refractivity contribution < 1.29 is 14.3 Å². The van der Waals surface area contributed by atoms with Crippen LogP contribution in [0.15, 0.2) is 24.3 Å². The highest BCUT2D eigenvalue weighted by Gasteiger charge is 2.16. The molecular formula is C14H15NO3. The molecule has 0 aliphatic heterocycles. The molecule has 0 aliphatic carbocycles. The number of anilines is 1. The maximum Gasteiger partial charge on any atom is 0.412 e. The summed E-state index contributed by atoms with van der Waals surface area (Å²) in [6.07, 6.45) is 4.46. The van der Waals surface area contributed by atoms with E-state index in [4.69, 9.17) is 11.2 Å². The third-order valence-electron chi connectivity index (χ3n) is 1.92. The maximum absolute atomic E-state index is 11.5. The molecule has 0 bridgehead atoms. The van der Waals surface area contributed by atoms with E-state index in [0.717, 1.165) is 0 Å². The Kier molecular flexibility index (Phi) is 4.11. The molecule has 18 heavy (non-hydrogen) atoms. The number of benzene rings is 1. The Labute approximate surface area is 106 Å². The van der Waals surface area contributed by atoms with Gasteiger partial charge in [0.1, 0.15) is 5.60 Å². The fourth-order valence-electron chi connectivity index (χ4n) is 1.21. The Morgan fingerprint density at radius 2 is 1.78 bits per heavy atom. The van der Waals surface area contributed by atoms with Crippen molar-refractivity contribution in [3.05, 3.63) is 29.8 Å². The van der Waals surface area contributed by atoms with Gasteiger partial charge in [-0.25, -0.2) is 4.79 Å². The maximum atomic E-state index is 11.5. The number of terminal acetylenes is 1. The second-order valence-electron chi connectivity index (χ2n) is 4.68. The normalized spacial score (nSPS) is 10.3. The number of rotatable bonds is 2. The summed E-state index contributed by atoms with van der Waals surface area (Å²) in [7, 11) is 0. The van der Waals surface area contributed by atoms with Crippen molar-refractivity contribution in [1.82, 2.24) is 0 Å². The average molecular weight is 245 g/mol. The predicted molar refractivity (Wildman–Crippen MR) is 69.5 cm³/mol. The molecular weight excluding hydrogens is 230 g/mol. The first-order chi connectivity index (χ1) is 8.31. The highest BCUT2D eigenvalue weighted by atomic mass is 16.6. The molecule has 0 heterocycles. The molecule has 0 unspecified atom stereocenters. The van der Waals surface area contributed by atoms with Crippen molar-refractivity contribution in [2.75, 3.05) is 5.32 Å². The number of nitrogens with one attached hydrogen (secondary N) is 1. The van der Waals surface area contributed by atoms with E-state index >= 15 is 0 Å². The third kappa shape index (κ3) is 4.30. The van der Waals surface area contributed by atoms with Crippen LogP contribution in [0.4, 0.5) is 10.5 Å². The summed E-state index contributed by atoms with van der Waals surface area (Å²) < 4.78 is 5.09. The number of ketones is 1. The molecule has 1 aromatic rings. The van der Waals surface area contributed by atoms with Gasteiger partial charge in [0.05, 0.1) is 0 Å². The minimum Gasteiger partial charge on any atom is -0.444 e. The van der Waals surface area contributed by atoms with Crippen LogP contribution in [-0.2, 0) is 4.74 Å². The predicted octanol–water partition coefficient (Wildman–Crippen LogP) is 2.85. The van der Waals surface area contributed by atoms with Crippen LogP contribution in [0, 0.1) is 12.3 Å². The van der Waals surface area contributed by atoms with Crippen LogP contribution in [0.25, 0.3) is 0 Å². The smallest absolute Gasteiger partial charge is 0.412 e. The molecule has 0 saturated carbocycles. The molecule has 0 aromatic heterocycles. The van der Waals surface area contributed by atoms with E-state index in [0.29, 0.717) is 11.3 Å². The van der Waals surface area contributed by atoms with Gasteiger partial charge in [-0.1, -0.05) is 0 Å². The van der Waals surface area contributed by atoms with Crippen LogP contribution < -0.4 is 5.32 Å². The molecule has 0 fully saturated rings. The Hall–Kier alpha value is -2.28. The van der Waals surface area contributed by atoms with Gasteiger partial charge >= 0.3 is 6.09 Å². The summed E-state index contributed by atoms with van der Waals surface area (Å²) in [5, 5.41) is 2.56. The standard InChI is InChI=1S/C14H15NO3/c1-5-12(16)10-6-8-11(9-7-10)15-13(17)18-14(2,3)4/h1,6-9H,2-4H3,(H,15,17). The summed E-state index contributed by atoms with van der Waals surface area (Å²) in [5.74, 6) is 1.63. The minimum absolute atomic E-state index is 0.390. The van der Waals surface area contributed by atoms with Gasteiger partial charge in [-0.15, -0.1) is 6.42 Å². The lowest BCUT2D eigenvalue weighted by molar-refractivity contribution is 0.0636. The van der Waals surface area contributed by atoms with Crippen LogP contribution >= 0.6 is 0 Å². The molecule has 0 saturated heterocycles. The zero-order valence-corrected chi connectivity index (χ0v) is 10.6. The fourth-order valence-corrected chi connectivity index (χ4v) is 1.21. The van der Waals surface area contributed by atoms with Gasteiger partial charge in [0.2, 0.25) is 5.78 Å². The van der Waals surface area contributed by atoms with Gasteiger partial charge < -0.3 is 4.74 Å². The second-order valence-corrected chi connectivity index (χ2v) is 4.68. The minimum atomic E-state index is -0.552. The van der Waals surface area contributed by atoms with Crippen molar-refractivity contribution >= 4 is 17.6 Å². The van der Waals surface area contributed by atoms with Crippen molar-refractivity contribution in [2.24, 2.45) is 0 Å². The van der Waals surface area contributed by atoms with Crippen LogP contribution in [-0.4, -0.2) is 17.5 Å². The molecule has 0 radical (unpaired) electrons. The molecule has 1 aromatic carbocycles. The average Bonchev–Trinajstić information content (AvgIpc) is 2.26. The van der Waals surface area contributed by atoms with Gasteiger partial charge in [0.15, 0.2) is 0 Å². The van der Waals surface area contributed by atoms with E-state index in [2.05, 4.69) is 5.32 Å². The van der Waals surface area contributed by atoms with Gasteiger partial charge in [-0.2, -0.15) is 0 Å². The van der Waals surface area contributed by atoms with Crippen molar-refractivity contribution in [2.45, 2.75) is 26.4 Å². The topological polar surface area (TPSA) is 55.4 Å². The fraction of sp³-hybridized carbons (Fsp3) is 0.286. The molecule has 0 atom stereocenters. The van der Waals surface area contributed by atoms with Crippen molar-refractivity contribution in [1.29, 1.82) is 0 Å². The van der Waals surface area contributed by atoms with E-state index in [-0.39, 0.29) is 5.78 Å². The second kappa shape index (κ2) is 5.37. The van der Waals surface area contributed by atoms with Crippen LogP contribution in [0.3, 0.4) is 0 Å². The first-order valence-electron chi connectivity index (χ1n) is 5.43. The van der Waals surface area contributed by atoms with E-state index in [1.807, 2.05) is 5.92 Å². The van der Waals surface area contributed by atoms with E-state index < -0.39 is 11.7 Å². The Balaban J connectivity index is 2.68. The van der Waals surface area contributed by atoms with Gasteiger partial charge in [0, 0.05) is 11.3 Å². The van der Waals surface area contributed by atoms with Crippen molar-refractivity contribution in [3.63, 3.8) is 0 Å². The van der Waals surface area contributed by atoms with Gasteiger partial charge in [-0.05, 0) is 51.0 Å². The zero-order chi connectivity index (χ0) is 13.8. The Bertz CT molecular complexity index is 489. The Morgan fingerprint density at radius 3 is 2.22 bits per heavy atom. The molecule has 0 aliphatic rings. The van der Waals surface area contributed by atoms with E-state index in [9.17, 15) is 9.59 Å². The highest BCUT2D eigenvalue weighted by Crippen LogP contribution is 2.13. The SMILES string of the molecule is C#CC(=O)c1ccc(NC(=O)OC(C)(C)C)cc1. The van der Waals surface area contributed by atoms with Crippen molar-refractivity contribution in [3.8, 4) is 12.3 Å². The largest absolute Gasteiger partial charge is 0.444 e. The van der Waals surface area contributed by atoms with Crippen LogP contribution in [0.1, 0.15) is 31.1 Å². The molecule has 1 amide bonds. The lowest BCUT2D eigenvalue weighted by Crippen LogP contribution is -2.27. The molecule has 4 heteroatoms. The lowest BCUT2D eigenvalue weighted by atomic mass is 10.1. The number of ether oxygens (including phenoxy) is 1. The summed E-state index contributed by atoms with van der Waals surface area (Å²) >= 11 is 0. The number of carbonyl (C=O) groups is 2. The quantitative estimate of drug-likeness (QED) is 0.495. The molecule has 1 N–H and O–H groups in total. The monoisotopic (exact) mass is 245 g/mol. The first kappa shape index (κ1) is 13.8. The van der Waals surface area contributed by atoms with E-state index in [1.165, 1.54) is 0 Å². The number of amides is 1. The summed E-state index contributed by atoms with van der Waals surface area (Å²) in [6.45, 7) is 5.34. The zero-order valence-electron chi connectivity index (χ0n) is 10.6. The number of carbonyl (C=O) groups excluding carboxylic acids is 2. The summed E-state index contributed by atoms with van der Waals surface area (Å²) in [4.78, 5) is 22.7.